The van der Waals surface area contributed by atoms with Gasteiger partial charge in [-0.3, -0.25) is 9.59 Å². The van der Waals surface area contributed by atoms with Crippen LogP contribution in [0.3, 0.4) is 0 Å². The van der Waals surface area contributed by atoms with E-state index in [1.165, 1.54) is 0 Å². The molecule has 0 saturated carbocycles. The Morgan fingerprint density at radius 1 is 1.09 bits per heavy atom. The molecule has 5 rings (SSSR count). The summed E-state index contributed by atoms with van der Waals surface area (Å²) in [5.74, 6) is -0.917. The third-order valence-corrected chi connectivity index (χ3v) is 5.14. The summed E-state index contributed by atoms with van der Waals surface area (Å²) in [7, 11) is 0. The lowest BCUT2D eigenvalue weighted by atomic mass is 9.80. The van der Waals surface area contributed by atoms with E-state index in [1.54, 1.807) is 6.20 Å². The second-order valence-corrected chi connectivity index (χ2v) is 6.40. The molecule has 4 heterocycles. The van der Waals surface area contributed by atoms with Gasteiger partial charge in [-0.1, -0.05) is 18.2 Å². The van der Waals surface area contributed by atoms with Crippen LogP contribution in [0, 0.1) is 0 Å². The van der Waals surface area contributed by atoms with Crippen LogP contribution >= 0.6 is 12.4 Å². The van der Waals surface area contributed by atoms with Crippen molar-refractivity contribution in [3.05, 3.63) is 36.0 Å². The van der Waals surface area contributed by atoms with E-state index in [-0.39, 0.29) is 17.9 Å². The first-order chi connectivity index (χ1) is 10.7. The van der Waals surface area contributed by atoms with Crippen molar-refractivity contribution in [2.24, 2.45) is 0 Å². The lowest BCUT2D eigenvalue weighted by Crippen LogP contribution is -2.61. The molecule has 3 aliphatic rings. The highest BCUT2D eigenvalue weighted by Crippen LogP contribution is 2.31. The van der Waals surface area contributed by atoms with Gasteiger partial charge in [-0.15, -0.1) is 12.4 Å². The summed E-state index contributed by atoms with van der Waals surface area (Å²) < 4.78 is 0. The van der Waals surface area contributed by atoms with Crippen LogP contribution < -0.4 is 5.32 Å². The summed E-state index contributed by atoms with van der Waals surface area (Å²) in [6.07, 6.45) is 4.47. The van der Waals surface area contributed by atoms with Gasteiger partial charge in [-0.2, -0.15) is 0 Å². The second-order valence-electron chi connectivity index (χ2n) is 6.40. The maximum Gasteiger partial charge on any atom is 0.292 e. The van der Waals surface area contributed by atoms with E-state index in [1.807, 2.05) is 24.3 Å². The van der Waals surface area contributed by atoms with E-state index in [9.17, 15) is 9.59 Å². The number of fused-ring (bicyclic) bond motifs is 4. The van der Waals surface area contributed by atoms with Crippen molar-refractivity contribution in [3.63, 3.8) is 0 Å². The van der Waals surface area contributed by atoms with Crippen molar-refractivity contribution in [3.8, 4) is 0 Å². The number of aromatic nitrogens is 1. The number of Topliss-reactive ketones (excluding diaryl/α,β-unsaturated/α-hetero) is 1. The Hall–Kier alpha value is -1.85. The van der Waals surface area contributed by atoms with E-state index < -0.39 is 11.7 Å². The first-order valence-corrected chi connectivity index (χ1v) is 7.82. The predicted molar refractivity (Wildman–Crippen MR) is 91.0 cm³/mol. The Bertz CT molecular complexity index is 733. The van der Waals surface area contributed by atoms with E-state index in [0.29, 0.717) is 5.56 Å². The zero-order valence-electron chi connectivity index (χ0n) is 12.8. The molecule has 2 N–H and O–H groups in total. The van der Waals surface area contributed by atoms with Crippen LogP contribution in [-0.4, -0.2) is 46.7 Å². The Morgan fingerprint density at radius 2 is 1.74 bits per heavy atom. The molecule has 1 amide bonds. The van der Waals surface area contributed by atoms with Gasteiger partial charge in [0.15, 0.2) is 0 Å². The molecule has 6 heteroatoms. The number of carbonyl (C=O) groups excluding carboxylic acids is 2. The van der Waals surface area contributed by atoms with Crippen molar-refractivity contribution in [1.82, 2.24) is 15.2 Å². The van der Waals surface area contributed by atoms with Gasteiger partial charge in [0.1, 0.15) is 0 Å². The first kappa shape index (κ1) is 16.0. The first-order valence-electron chi connectivity index (χ1n) is 7.82. The molecule has 1 aromatic heterocycles. The summed E-state index contributed by atoms with van der Waals surface area (Å²) in [5.41, 5.74) is 1.16. The molecule has 3 aliphatic heterocycles. The van der Waals surface area contributed by atoms with Crippen LogP contribution in [-0.2, 0) is 4.79 Å². The molecule has 122 valence electrons. The number of aromatic amines is 1. The van der Waals surface area contributed by atoms with E-state index in [4.69, 9.17) is 0 Å². The third-order valence-electron chi connectivity index (χ3n) is 5.14. The standard InChI is InChI=1S/C17H19N3O2.ClH/c21-15(13-11-18-14-4-2-1-3-12(13)14)16(22)19-17-5-8-20(9-6-17)10-7-17;/h1-4,11,18H,5-10H2,(H,19,22);1H. The number of para-hydroxylation sites is 1. The number of nitrogens with zero attached hydrogens (tertiary/aromatic N) is 1. The van der Waals surface area contributed by atoms with E-state index >= 15 is 0 Å². The van der Waals surface area contributed by atoms with Gasteiger partial charge in [0.25, 0.3) is 11.7 Å². The molecule has 0 spiro atoms. The minimum absolute atomic E-state index is 0. The van der Waals surface area contributed by atoms with Gasteiger partial charge in [-0.25, -0.2) is 0 Å². The Labute approximate surface area is 140 Å². The molecular formula is C17H20ClN3O2. The summed E-state index contributed by atoms with van der Waals surface area (Å²) in [6.45, 7) is 3.05. The smallest absolute Gasteiger partial charge is 0.292 e. The van der Waals surface area contributed by atoms with Crippen LogP contribution in [0.2, 0.25) is 0 Å². The van der Waals surface area contributed by atoms with Crippen LogP contribution in [0.25, 0.3) is 10.9 Å². The molecule has 3 saturated heterocycles. The fraction of sp³-hybridized carbons (Fsp3) is 0.412. The van der Waals surface area contributed by atoms with Crippen molar-refractivity contribution < 1.29 is 9.59 Å². The zero-order valence-corrected chi connectivity index (χ0v) is 13.6. The molecule has 0 atom stereocenters. The maximum atomic E-state index is 12.5. The molecule has 1 aromatic carbocycles. The molecule has 0 radical (unpaired) electrons. The molecule has 23 heavy (non-hydrogen) atoms. The van der Waals surface area contributed by atoms with E-state index in [0.717, 1.165) is 49.8 Å². The molecule has 0 unspecified atom stereocenters. The topological polar surface area (TPSA) is 65.2 Å². The number of halogens is 1. The summed E-state index contributed by atoms with van der Waals surface area (Å²) in [4.78, 5) is 30.4. The van der Waals surface area contributed by atoms with Crippen molar-refractivity contribution in [2.75, 3.05) is 19.6 Å². The molecule has 0 aliphatic carbocycles. The number of nitrogens with one attached hydrogen (secondary N) is 2. The van der Waals surface area contributed by atoms with Gasteiger partial charge in [0.2, 0.25) is 0 Å². The predicted octanol–water partition coefficient (Wildman–Crippen LogP) is 2.13. The number of benzene rings is 1. The zero-order chi connectivity index (χ0) is 15.2. The minimum Gasteiger partial charge on any atom is -0.360 e. The van der Waals surface area contributed by atoms with E-state index in [2.05, 4.69) is 15.2 Å². The highest BCUT2D eigenvalue weighted by Gasteiger charge is 2.41. The van der Waals surface area contributed by atoms with Crippen LogP contribution in [0.15, 0.2) is 30.5 Å². The average molecular weight is 334 g/mol. The maximum absolute atomic E-state index is 12.5. The van der Waals surface area contributed by atoms with Crippen LogP contribution in [0.4, 0.5) is 0 Å². The molecule has 5 nitrogen and oxygen atoms in total. The number of carbonyl (C=O) groups is 2. The Balaban J connectivity index is 0.00000156. The number of H-pyrrole nitrogens is 1. The van der Waals surface area contributed by atoms with Gasteiger partial charge < -0.3 is 15.2 Å². The summed E-state index contributed by atoms with van der Waals surface area (Å²) in [5, 5.41) is 3.85. The lowest BCUT2D eigenvalue weighted by molar-refractivity contribution is -0.120. The van der Waals surface area contributed by atoms with Gasteiger partial charge in [-0.05, 0) is 25.3 Å². The monoisotopic (exact) mass is 333 g/mol. The molecule has 2 bridgehead atoms. The third kappa shape index (κ3) is 2.75. The highest BCUT2D eigenvalue weighted by atomic mass is 35.5. The number of hydrogen-bond acceptors (Lipinski definition) is 3. The van der Waals surface area contributed by atoms with Crippen LogP contribution in [0.5, 0.6) is 0 Å². The lowest BCUT2D eigenvalue weighted by Gasteiger charge is -2.48. The minimum atomic E-state index is -0.472. The highest BCUT2D eigenvalue weighted by molar-refractivity contribution is 6.45. The number of ketones is 1. The van der Waals surface area contributed by atoms with Crippen molar-refractivity contribution >= 4 is 35.0 Å². The molecule has 2 aromatic rings. The second kappa shape index (κ2) is 5.98. The normalized spacial score (nSPS) is 25.8. The summed E-state index contributed by atoms with van der Waals surface area (Å²) in [6, 6.07) is 7.55. The average Bonchev–Trinajstić information content (AvgIpc) is 2.99. The SMILES string of the molecule is Cl.O=C(NC12CCN(CC1)CC2)C(=O)c1c[nH]c2ccccc12. The number of rotatable bonds is 3. The van der Waals surface area contributed by atoms with Crippen molar-refractivity contribution in [2.45, 2.75) is 24.8 Å². The Morgan fingerprint density at radius 3 is 2.43 bits per heavy atom. The molecular weight excluding hydrogens is 314 g/mol. The number of hydrogen-bond donors (Lipinski definition) is 2. The largest absolute Gasteiger partial charge is 0.360 e. The van der Waals surface area contributed by atoms with Crippen molar-refractivity contribution in [1.29, 1.82) is 0 Å². The van der Waals surface area contributed by atoms with Gasteiger partial charge >= 0.3 is 0 Å². The van der Waals surface area contributed by atoms with Crippen LogP contribution in [0.1, 0.15) is 29.6 Å². The number of piperidine rings is 3. The number of amides is 1. The summed E-state index contributed by atoms with van der Waals surface area (Å²) >= 11 is 0. The fourth-order valence-corrected chi connectivity index (χ4v) is 3.69. The Kier molecular flexibility index (Phi) is 4.17. The quantitative estimate of drug-likeness (QED) is 0.668. The van der Waals surface area contributed by atoms with Gasteiger partial charge in [0, 0.05) is 42.3 Å². The molecule has 3 fully saturated rings. The van der Waals surface area contributed by atoms with Gasteiger partial charge in [0.05, 0.1) is 5.56 Å². The fourth-order valence-electron chi connectivity index (χ4n) is 3.69.